The molecule has 0 aliphatic rings. The quantitative estimate of drug-likeness (QED) is 0.869. The van der Waals surface area contributed by atoms with Gasteiger partial charge in [-0.3, -0.25) is 4.79 Å². The fraction of sp³-hybridized carbons (Fsp3) is 0.385. The maximum atomic E-state index is 13.1. The van der Waals surface area contributed by atoms with Gasteiger partial charge in [-0.15, -0.1) is 0 Å². The minimum absolute atomic E-state index is 0.202. The highest BCUT2D eigenvalue weighted by Gasteiger charge is 2.34. The normalized spacial score (nSPS) is 12.9. The van der Waals surface area contributed by atoms with E-state index in [0.717, 1.165) is 6.07 Å². The van der Waals surface area contributed by atoms with Crippen LogP contribution in [0.2, 0.25) is 0 Å². The zero-order chi connectivity index (χ0) is 15.5. The van der Waals surface area contributed by atoms with E-state index in [1.807, 2.05) is 6.07 Å². The van der Waals surface area contributed by atoms with Gasteiger partial charge in [0.1, 0.15) is 11.9 Å². The molecule has 3 nitrogen and oxygen atoms in total. The highest BCUT2D eigenvalue weighted by molar-refractivity contribution is 5.94. The molecular formula is C13H12F4N2O. The summed E-state index contributed by atoms with van der Waals surface area (Å²) < 4.78 is 50.7. The van der Waals surface area contributed by atoms with Crippen molar-refractivity contribution in [3.63, 3.8) is 0 Å². The number of nitriles is 1. The Morgan fingerprint density at radius 3 is 2.40 bits per heavy atom. The van der Waals surface area contributed by atoms with Crippen molar-refractivity contribution in [1.82, 2.24) is 5.32 Å². The third-order valence-corrected chi connectivity index (χ3v) is 2.63. The van der Waals surface area contributed by atoms with Crippen LogP contribution in [-0.4, -0.2) is 11.9 Å². The molecule has 0 aliphatic carbocycles. The van der Waals surface area contributed by atoms with Crippen molar-refractivity contribution < 1.29 is 22.4 Å². The lowest BCUT2D eigenvalue weighted by Crippen LogP contribution is -2.37. The molecule has 108 valence electrons. The molecule has 0 saturated carbocycles. The lowest BCUT2D eigenvalue weighted by molar-refractivity contribution is -0.140. The first kappa shape index (κ1) is 16.0. The van der Waals surface area contributed by atoms with Gasteiger partial charge >= 0.3 is 6.18 Å². The predicted octanol–water partition coefficient (Wildman–Crippen LogP) is 3.12. The highest BCUT2D eigenvalue weighted by Crippen LogP contribution is 2.31. The molecule has 1 rings (SSSR count). The molecule has 0 heterocycles. The van der Waals surface area contributed by atoms with E-state index >= 15 is 0 Å². The number of nitrogens with one attached hydrogen (secondary N) is 1. The summed E-state index contributed by atoms with van der Waals surface area (Å²) in [6.45, 7) is 3.36. The lowest BCUT2D eigenvalue weighted by Gasteiger charge is -2.15. The first-order valence-electron chi connectivity index (χ1n) is 5.74. The van der Waals surface area contributed by atoms with Crippen LogP contribution in [0.15, 0.2) is 18.2 Å². The SMILES string of the molecule is CC(C)C(C#N)NC(=O)c1ccc(F)c(C(F)(F)F)c1. The Bertz CT molecular complexity index is 546. The molecule has 0 bridgehead atoms. The van der Waals surface area contributed by atoms with Crippen LogP contribution < -0.4 is 5.32 Å². The van der Waals surface area contributed by atoms with E-state index in [2.05, 4.69) is 5.32 Å². The smallest absolute Gasteiger partial charge is 0.336 e. The van der Waals surface area contributed by atoms with Gasteiger partial charge in [-0.1, -0.05) is 13.8 Å². The van der Waals surface area contributed by atoms with Crippen LogP contribution in [0, 0.1) is 23.1 Å². The second-order valence-electron chi connectivity index (χ2n) is 4.52. The molecule has 0 aliphatic heterocycles. The number of nitrogens with zero attached hydrogens (tertiary/aromatic N) is 1. The molecule has 1 N–H and O–H groups in total. The van der Waals surface area contributed by atoms with Crippen LogP contribution in [0.5, 0.6) is 0 Å². The van der Waals surface area contributed by atoms with E-state index < -0.39 is 29.5 Å². The van der Waals surface area contributed by atoms with Crippen LogP contribution in [0.25, 0.3) is 0 Å². The van der Waals surface area contributed by atoms with Crippen LogP contribution in [0.1, 0.15) is 29.8 Å². The molecule has 0 saturated heterocycles. The van der Waals surface area contributed by atoms with E-state index in [9.17, 15) is 22.4 Å². The summed E-state index contributed by atoms with van der Waals surface area (Å²) in [4.78, 5) is 11.8. The van der Waals surface area contributed by atoms with Gasteiger partial charge in [0, 0.05) is 5.56 Å². The van der Waals surface area contributed by atoms with Gasteiger partial charge in [-0.05, 0) is 24.1 Å². The Hall–Kier alpha value is -2.10. The number of alkyl halides is 3. The fourth-order valence-electron chi connectivity index (χ4n) is 1.46. The molecule has 0 radical (unpaired) electrons. The molecule has 1 aromatic rings. The van der Waals surface area contributed by atoms with E-state index in [1.165, 1.54) is 0 Å². The summed E-state index contributed by atoms with van der Waals surface area (Å²) in [5, 5.41) is 11.1. The van der Waals surface area contributed by atoms with E-state index in [-0.39, 0.29) is 11.5 Å². The number of carbonyl (C=O) groups excluding carboxylic acids is 1. The van der Waals surface area contributed by atoms with Crippen molar-refractivity contribution >= 4 is 5.91 Å². The number of rotatable bonds is 3. The van der Waals surface area contributed by atoms with E-state index in [1.54, 1.807) is 13.8 Å². The molecule has 1 aromatic carbocycles. The number of carbonyl (C=O) groups is 1. The second kappa shape index (κ2) is 5.90. The van der Waals surface area contributed by atoms with Crippen molar-refractivity contribution in [1.29, 1.82) is 5.26 Å². The zero-order valence-electron chi connectivity index (χ0n) is 10.8. The van der Waals surface area contributed by atoms with Gasteiger partial charge in [-0.2, -0.15) is 18.4 Å². The minimum Gasteiger partial charge on any atom is -0.336 e. The molecule has 1 amide bonds. The zero-order valence-corrected chi connectivity index (χ0v) is 10.8. The average molecular weight is 288 g/mol. The number of hydrogen-bond donors (Lipinski definition) is 1. The Morgan fingerprint density at radius 1 is 1.35 bits per heavy atom. The van der Waals surface area contributed by atoms with Crippen molar-refractivity contribution in [3.8, 4) is 6.07 Å². The first-order valence-corrected chi connectivity index (χ1v) is 5.74. The molecule has 0 fully saturated rings. The highest BCUT2D eigenvalue weighted by atomic mass is 19.4. The van der Waals surface area contributed by atoms with Gasteiger partial charge in [-0.25, -0.2) is 4.39 Å². The first-order chi connectivity index (χ1) is 9.16. The average Bonchev–Trinajstić information content (AvgIpc) is 2.34. The lowest BCUT2D eigenvalue weighted by atomic mass is 10.0. The third-order valence-electron chi connectivity index (χ3n) is 2.63. The van der Waals surface area contributed by atoms with Gasteiger partial charge in [0.15, 0.2) is 0 Å². The Labute approximate surface area is 113 Å². The van der Waals surface area contributed by atoms with Crippen molar-refractivity contribution in [2.75, 3.05) is 0 Å². The Balaban J connectivity index is 3.04. The number of hydrogen-bond acceptors (Lipinski definition) is 2. The standard InChI is InChI=1S/C13H12F4N2O/c1-7(2)11(6-18)19-12(20)8-3-4-10(14)9(5-8)13(15,16)17/h3-5,7,11H,1-2H3,(H,19,20). The molecule has 1 unspecified atom stereocenters. The van der Waals surface area contributed by atoms with Gasteiger partial charge in [0.05, 0.1) is 11.6 Å². The summed E-state index contributed by atoms with van der Waals surface area (Å²) in [5.74, 6) is -2.50. The van der Waals surface area contributed by atoms with Crippen LogP contribution in [0.4, 0.5) is 17.6 Å². The van der Waals surface area contributed by atoms with Crippen LogP contribution in [-0.2, 0) is 6.18 Å². The summed E-state index contributed by atoms with van der Waals surface area (Å²) in [6.07, 6.45) is -4.88. The predicted molar refractivity (Wildman–Crippen MR) is 63.1 cm³/mol. The van der Waals surface area contributed by atoms with E-state index in [0.29, 0.717) is 12.1 Å². The Morgan fingerprint density at radius 2 is 1.95 bits per heavy atom. The van der Waals surface area contributed by atoms with Crippen molar-refractivity contribution in [2.45, 2.75) is 26.1 Å². The maximum Gasteiger partial charge on any atom is 0.419 e. The fourth-order valence-corrected chi connectivity index (χ4v) is 1.46. The Kier molecular flexibility index (Phi) is 4.71. The van der Waals surface area contributed by atoms with Crippen molar-refractivity contribution in [3.05, 3.63) is 35.1 Å². The number of halogens is 4. The number of benzene rings is 1. The largest absolute Gasteiger partial charge is 0.419 e. The summed E-state index contributed by atoms with van der Waals surface area (Å²) >= 11 is 0. The van der Waals surface area contributed by atoms with E-state index in [4.69, 9.17) is 5.26 Å². The van der Waals surface area contributed by atoms with Crippen molar-refractivity contribution in [2.24, 2.45) is 5.92 Å². The van der Waals surface area contributed by atoms with Gasteiger partial charge in [0.25, 0.3) is 5.91 Å². The second-order valence-corrected chi connectivity index (χ2v) is 4.52. The molecule has 0 aromatic heterocycles. The maximum absolute atomic E-state index is 13.1. The molecule has 7 heteroatoms. The molecule has 0 spiro atoms. The third kappa shape index (κ3) is 3.70. The summed E-state index contributed by atoms with van der Waals surface area (Å²) in [7, 11) is 0. The molecular weight excluding hydrogens is 276 g/mol. The molecule has 20 heavy (non-hydrogen) atoms. The van der Waals surface area contributed by atoms with Gasteiger partial charge in [0.2, 0.25) is 0 Å². The van der Waals surface area contributed by atoms with Crippen LogP contribution >= 0.6 is 0 Å². The molecule has 1 atom stereocenters. The topological polar surface area (TPSA) is 52.9 Å². The van der Waals surface area contributed by atoms with Crippen LogP contribution in [0.3, 0.4) is 0 Å². The summed E-state index contributed by atoms with van der Waals surface area (Å²) in [6, 6.07) is 2.95. The number of amides is 1. The monoisotopic (exact) mass is 288 g/mol. The minimum atomic E-state index is -4.88. The summed E-state index contributed by atoms with van der Waals surface area (Å²) in [5.41, 5.74) is -1.86. The van der Waals surface area contributed by atoms with Gasteiger partial charge < -0.3 is 5.32 Å².